The van der Waals surface area contributed by atoms with Crippen molar-refractivity contribution < 1.29 is 13.2 Å². The van der Waals surface area contributed by atoms with Crippen LogP contribution in [0.15, 0.2) is 83.9 Å². The summed E-state index contributed by atoms with van der Waals surface area (Å²) in [6.07, 6.45) is 1.76. The van der Waals surface area contributed by atoms with Crippen molar-refractivity contribution in [1.82, 2.24) is 9.78 Å². The van der Waals surface area contributed by atoms with Gasteiger partial charge in [-0.05, 0) is 47.5 Å². The number of benzene rings is 3. The first kappa shape index (κ1) is 19.0. The van der Waals surface area contributed by atoms with Crippen molar-refractivity contribution in [2.24, 2.45) is 0 Å². The van der Waals surface area contributed by atoms with E-state index in [-0.39, 0.29) is 10.7 Å². The Bertz CT molecular complexity index is 1230. The van der Waals surface area contributed by atoms with Crippen LogP contribution in [0, 0.1) is 0 Å². The van der Waals surface area contributed by atoms with Gasteiger partial charge in [0.05, 0.1) is 18.0 Å². The highest BCUT2D eigenvalue weighted by atomic mass is 32.2. The minimum atomic E-state index is -3.72. The lowest BCUT2D eigenvalue weighted by Crippen LogP contribution is -2.13. The Labute approximate surface area is 169 Å². The fourth-order valence-electron chi connectivity index (χ4n) is 3.19. The Morgan fingerprint density at radius 2 is 1.72 bits per heavy atom. The van der Waals surface area contributed by atoms with Crippen molar-refractivity contribution in [3.63, 3.8) is 0 Å². The van der Waals surface area contributed by atoms with E-state index in [1.165, 1.54) is 12.1 Å². The van der Waals surface area contributed by atoms with Gasteiger partial charge in [-0.2, -0.15) is 5.10 Å². The van der Waals surface area contributed by atoms with Gasteiger partial charge >= 0.3 is 0 Å². The zero-order valence-corrected chi connectivity index (χ0v) is 16.8. The van der Waals surface area contributed by atoms with Gasteiger partial charge in [0.2, 0.25) is 0 Å². The van der Waals surface area contributed by atoms with Crippen LogP contribution in [0.5, 0.6) is 5.75 Å². The molecular weight excluding hydrogens is 386 g/mol. The molecular formula is C22H21N3O3S. The number of ether oxygens (including phenoxy) is 1. The van der Waals surface area contributed by atoms with Crippen LogP contribution in [-0.4, -0.2) is 24.8 Å². The van der Waals surface area contributed by atoms with Crippen LogP contribution in [0.2, 0.25) is 0 Å². The first-order valence-corrected chi connectivity index (χ1v) is 10.8. The molecule has 1 aromatic heterocycles. The Morgan fingerprint density at radius 3 is 2.52 bits per heavy atom. The van der Waals surface area contributed by atoms with Crippen LogP contribution in [0.3, 0.4) is 0 Å². The third-order valence-corrected chi connectivity index (χ3v) is 5.91. The Kier molecular flexibility index (Phi) is 5.22. The summed E-state index contributed by atoms with van der Waals surface area (Å²) in [5, 5.41) is 6.69. The lowest BCUT2D eigenvalue weighted by atomic mass is 10.0. The standard InChI is InChI=1S/C22H21N3O3S/c1-2-28-19-10-12-20(13-11-19)29(26,27)24-22-14-15-25(23-22)16-18-8-5-7-17-6-3-4-9-21(17)18/h3-15H,2,16H2,1H3,(H,23,24). The van der Waals surface area contributed by atoms with Gasteiger partial charge in [-0.3, -0.25) is 9.40 Å². The van der Waals surface area contributed by atoms with Gasteiger partial charge in [0.25, 0.3) is 10.0 Å². The molecule has 1 N–H and O–H groups in total. The van der Waals surface area contributed by atoms with E-state index in [0.29, 0.717) is 18.9 Å². The van der Waals surface area contributed by atoms with E-state index in [9.17, 15) is 8.42 Å². The quantitative estimate of drug-likeness (QED) is 0.496. The third kappa shape index (κ3) is 4.25. The first-order valence-electron chi connectivity index (χ1n) is 9.31. The second kappa shape index (κ2) is 7.97. The molecule has 0 saturated heterocycles. The maximum absolute atomic E-state index is 12.6. The molecule has 0 aliphatic rings. The van der Waals surface area contributed by atoms with E-state index in [1.807, 2.05) is 31.2 Å². The number of anilines is 1. The average Bonchev–Trinajstić information content (AvgIpc) is 3.15. The van der Waals surface area contributed by atoms with E-state index in [0.717, 1.165) is 16.3 Å². The molecule has 0 fully saturated rings. The molecule has 0 amide bonds. The third-order valence-electron chi connectivity index (χ3n) is 4.54. The Hall–Kier alpha value is -3.32. The zero-order valence-electron chi connectivity index (χ0n) is 15.9. The summed E-state index contributed by atoms with van der Waals surface area (Å²) in [6.45, 7) is 2.95. The topological polar surface area (TPSA) is 73.2 Å². The van der Waals surface area contributed by atoms with E-state index >= 15 is 0 Å². The summed E-state index contributed by atoms with van der Waals surface area (Å²) in [5.41, 5.74) is 1.12. The monoisotopic (exact) mass is 407 g/mol. The van der Waals surface area contributed by atoms with Crippen LogP contribution in [0.4, 0.5) is 5.82 Å². The van der Waals surface area contributed by atoms with Gasteiger partial charge in [-0.15, -0.1) is 0 Å². The highest BCUT2D eigenvalue weighted by Gasteiger charge is 2.16. The second-order valence-electron chi connectivity index (χ2n) is 6.55. The summed E-state index contributed by atoms with van der Waals surface area (Å²) in [6, 6.07) is 22.2. The number of aromatic nitrogens is 2. The molecule has 0 saturated carbocycles. The fraction of sp³-hybridized carbons (Fsp3) is 0.136. The van der Waals surface area contributed by atoms with Gasteiger partial charge in [0.15, 0.2) is 5.82 Å². The van der Waals surface area contributed by atoms with Crippen molar-refractivity contribution >= 4 is 26.6 Å². The lowest BCUT2D eigenvalue weighted by molar-refractivity contribution is 0.340. The van der Waals surface area contributed by atoms with Gasteiger partial charge in [-0.1, -0.05) is 42.5 Å². The Balaban J connectivity index is 1.51. The number of nitrogens with zero attached hydrogens (tertiary/aromatic N) is 2. The predicted octanol–water partition coefficient (Wildman–Crippen LogP) is 4.28. The van der Waals surface area contributed by atoms with Crippen molar-refractivity contribution in [2.75, 3.05) is 11.3 Å². The average molecular weight is 407 g/mol. The highest BCUT2D eigenvalue weighted by Crippen LogP contribution is 2.21. The van der Waals surface area contributed by atoms with Crippen molar-refractivity contribution in [3.8, 4) is 5.75 Å². The maximum Gasteiger partial charge on any atom is 0.263 e. The normalized spacial score (nSPS) is 11.5. The van der Waals surface area contributed by atoms with Gasteiger partial charge in [0, 0.05) is 12.3 Å². The number of hydrogen-bond donors (Lipinski definition) is 1. The second-order valence-corrected chi connectivity index (χ2v) is 8.23. The van der Waals surface area contributed by atoms with Gasteiger partial charge < -0.3 is 4.74 Å². The number of nitrogens with one attached hydrogen (secondary N) is 1. The number of fused-ring (bicyclic) bond motifs is 1. The van der Waals surface area contributed by atoms with E-state index in [1.54, 1.807) is 29.1 Å². The molecule has 0 radical (unpaired) electrons. The minimum absolute atomic E-state index is 0.157. The SMILES string of the molecule is CCOc1ccc(S(=O)(=O)Nc2ccn(Cc3cccc4ccccc34)n2)cc1. The summed E-state index contributed by atoms with van der Waals surface area (Å²) in [7, 11) is -3.72. The largest absolute Gasteiger partial charge is 0.494 e. The van der Waals surface area contributed by atoms with Crippen LogP contribution < -0.4 is 9.46 Å². The Morgan fingerprint density at radius 1 is 0.966 bits per heavy atom. The number of sulfonamides is 1. The smallest absolute Gasteiger partial charge is 0.263 e. The summed E-state index contributed by atoms with van der Waals surface area (Å²) < 4.78 is 34.8. The molecule has 0 unspecified atom stereocenters. The summed E-state index contributed by atoms with van der Waals surface area (Å²) >= 11 is 0. The van der Waals surface area contributed by atoms with Crippen LogP contribution >= 0.6 is 0 Å². The molecule has 7 heteroatoms. The molecule has 1 heterocycles. The molecule has 6 nitrogen and oxygen atoms in total. The highest BCUT2D eigenvalue weighted by molar-refractivity contribution is 7.92. The van der Waals surface area contributed by atoms with Crippen LogP contribution in [0.1, 0.15) is 12.5 Å². The lowest BCUT2D eigenvalue weighted by Gasteiger charge is -2.08. The molecule has 29 heavy (non-hydrogen) atoms. The summed E-state index contributed by atoms with van der Waals surface area (Å²) in [4.78, 5) is 0.157. The number of hydrogen-bond acceptors (Lipinski definition) is 4. The molecule has 148 valence electrons. The van der Waals surface area contributed by atoms with Crippen LogP contribution in [0.25, 0.3) is 10.8 Å². The molecule has 0 spiro atoms. The van der Waals surface area contributed by atoms with E-state index in [2.05, 4.69) is 28.0 Å². The van der Waals surface area contributed by atoms with Gasteiger partial charge in [0.1, 0.15) is 5.75 Å². The molecule has 3 aromatic carbocycles. The molecule has 0 bridgehead atoms. The molecule has 4 aromatic rings. The van der Waals surface area contributed by atoms with Gasteiger partial charge in [-0.25, -0.2) is 8.42 Å². The molecule has 0 aliphatic heterocycles. The number of rotatable bonds is 7. The van der Waals surface area contributed by atoms with Crippen LogP contribution in [-0.2, 0) is 16.6 Å². The maximum atomic E-state index is 12.6. The van der Waals surface area contributed by atoms with Crippen molar-refractivity contribution in [3.05, 3.63) is 84.6 Å². The molecule has 4 rings (SSSR count). The predicted molar refractivity (Wildman–Crippen MR) is 114 cm³/mol. The molecule has 0 atom stereocenters. The first-order chi connectivity index (χ1) is 14.0. The van der Waals surface area contributed by atoms with Crippen molar-refractivity contribution in [2.45, 2.75) is 18.4 Å². The molecule has 0 aliphatic carbocycles. The van der Waals surface area contributed by atoms with E-state index in [4.69, 9.17) is 4.74 Å². The zero-order chi connectivity index (χ0) is 20.3. The van der Waals surface area contributed by atoms with E-state index < -0.39 is 10.0 Å². The van der Waals surface area contributed by atoms with Crippen molar-refractivity contribution in [1.29, 1.82) is 0 Å². The minimum Gasteiger partial charge on any atom is -0.494 e. The summed E-state index contributed by atoms with van der Waals surface area (Å²) in [5.74, 6) is 0.907. The fourth-order valence-corrected chi connectivity index (χ4v) is 4.18.